The molecule has 0 heterocycles. The number of halogens is 1. The van der Waals surface area contributed by atoms with Crippen molar-refractivity contribution < 1.29 is 9.59 Å². The molecule has 0 radical (unpaired) electrons. The molecule has 2 aromatic rings. The van der Waals surface area contributed by atoms with Crippen LogP contribution < -0.4 is 5.32 Å². The number of rotatable bonds is 9. The van der Waals surface area contributed by atoms with E-state index < -0.39 is 6.04 Å². The van der Waals surface area contributed by atoms with E-state index in [0.29, 0.717) is 18.0 Å². The number of amides is 2. The molecule has 2 rings (SSSR count). The number of hydrogen-bond acceptors (Lipinski definition) is 3. The van der Waals surface area contributed by atoms with Crippen LogP contribution in [0.5, 0.6) is 0 Å². The van der Waals surface area contributed by atoms with Gasteiger partial charge in [-0.2, -0.15) is 0 Å². The molecule has 0 aliphatic carbocycles. The molecule has 6 heteroatoms. The van der Waals surface area contributed by atoms with Crippen LogP contribution in [0.25, 0.3) is 0 Å². The summed E-state index contributed by atoms with van der Waals surface area (Å²) in [5.74, 6) is 0.0922. The Bertz CT molecular complexity index is 807. The molecule has 1 N–H and O–H groups in total. The first kappa shape index (κ1) is 23.3. The number of benzene rings is 2. The summed E-state index contributed by atoms with van der Waals surface area (Å²) in [7, 11) is 0. The highest BCUT2D eigenvalue weighted by molar-refractivity contribution is 8.00. The molecule has 0 unspecified atom stereocenters. The number of nitrogens with one attached hydrogen (secondary N) is 1. The van der Waals surface area contributed by atoms with Crippen LogP contribution in [-0.4, -0.2) is 34.6 Å². The van der Waals surface area contributed by atoms with E-state index in [2.05, 4.69) is 5.32 Å². The highest BCUT2D eigenvalue weighted by Crippen LogP contribution is 2.22. The van der Waals surface area contributed by atoms with E-state index in [-0.39, 0.29) is 23.6 Å². The fraction of sp³-hybridized carbons (Fsp3) is 0.391. The number of carbonyl (C=O) groups excluding carboxylic acids is 2. The Morgan fingerprint density at radius 2 is 1.69 bits per heavy atom. The average Bonchev–Trinajstić information content (AvgIpc) is 2.68. The minimum atomic E-state index is -0.503. The highest BCUT2D eigenvalue weighted by Gasteiger charge is 2.28. The molecule has 29 heavy (non-hydrogen) atoms. The molecular formula is C23H29ClN2O2S. The smallest absolute Gasteiger partial charge is 0.243 e. The fourth-order valence-electron chi connectivity index (χ4n) is 2.95. The van der Waals surface area contributed by atoms with Gasteiger partial charge in [0.2, 0.25) is 11.8 Å². The lowest BCUT2D eigenvalue weighted by Crippen LogP contribution is -2.50. The summed E-state index contributed by atoms with van der Waals surface area (Å²) in [5, 5.41) is 3.61. The molecule has 2 aromatic carbocycles. The Hall–Kier alpha value is -1.98. The zero-order valence-electron chi connectivity index (χ0n) is 17.4. The second-order valence-electron chi connectivity index (χ2n) is 7.34. The van der Waals surface area contributed by atoms with Crippen molar-refractivity contribution in [1.29, 1.82) is 0 Å². The van der Waals surface area contributed by atoms with Crippen molar-refractivity contribution in [2.75, 3.05) is 5.75 Å². The fourth-order valence-corrected chi connectivity index (χ4v) is 3.86. The van der Waals surface area contributed by atoms with Gasteiger partial charge in [-0.15, -0.1) is 11.8 Å². The zero-order chi connectivity index (χ0) is 21.4. The molecule has 0 aliphatic rings. The van der Waals surface area contributed by atoms with Gasteiger partial charge in [-0.05, 0) is 57.0 Å². The van der Waals surface area contributed by atoms with Crippen molar-refractivity contribution >= 4 is 35.2 Å². The van der Waals surface area contributed by atoms with Crippen LogP contribution in [-0.2, 0) is 16.1 Å². The van der Waals surface area contributed by atoms with E-state index in [1.165, 1.54) is 11.8 Å². The van der Waals surface area contributed by atoms with Crippen molar-refractivity contribution in [1.82, 2.24) is 10.2 Å². The molecule has 0 bridgehead atoms. The quantitative estimate of drug-likeness (QED) is 0.562. The van der Waals surface area contributed by atoms with E-state index in [1.807, 2.05) is 76.2 Å². The minimum Gasteiger partial charge on any atom is -0.352 e. The lowest BCUT2D eigenvalue weighted by atomic mass is 10.1. The maximum Gasteiger partial charge on any atom is 0.243 e. The maximum absolute atomic E-state index is 13.1. The maximum atomic E-state index is 13.1. The Kier molecular flexibility index (Phi) is 9.05. The van der Waals surface area contributed by atoms with Crippen LogP contribution in [0.3, 0.4) is 0 Å². The van der Waals surface area contributed by atoms with E-state index in [1.54, 1.807) is 4.90 Å². The third-order valence-electron chi connectivity index (χ3n) is 4.47. The number of aryl methyl sites for hydroxylation is 1. The number of thioether (sulfide) groups is 1. The van der Waals surface area contributed by atoms with Gasteiger partial charge < -0.3 is 10.2 Å². The van der Waals surface area contributed by atoms with Crippen LogP contribution in [0.4, 0.5) is 0 Å². The van der Waals surface area contributed by atoms with Crippen LogP contribution >= 0.6 is 23.4 Å². The summed E-state index contributed by atoms with van der Waals surface area (Å²) in [6.07, 6.45) is 0.557. The monoisotopic (exact) mass is 432 g/mol. The Morgan fingerprint density at radius 1 is 1.07 bits per heavy atom. The SMILES string of the molecule is CC[C@@H](C(=O)NC(C)C)N(Cc1ccc(C)cc1)C(=O)CSc1ccc(Cl)cc1. The molecule has 0 spiro atoms. The summed E-state index contributed by atoms with van der Waals surface area (Å²) in [5.41, 5.74) is 2.17. The van der Waals surface area contributed by atoms with Gasteiger partial charge in [-0.25, -0.2) is 0 Å². The molecule has 4 nitrogen and oxygen atoms in total. The van der Waals surface area contributed by atoms with E-state index >= 15 is 0 Å². The Balaban J connectivity index is 2.18. The van der Waals surface area contributed by atoms with Gasteiger partial charge in [0, 0.05) is 22.5 Å². The van der Waals surface area contributed by atoms with Crippen molar-refractivity contribution in [2.45, 2.75) is 57.6 Å². The Labute approximate surface area is 183 Å². The van der Waals surface area contributed by atoms with Gasteiger partial charge >= 0.3 is 0 Å². The summed E-state index contributed by atoms with van der Waals surface area (Å²) in [6.45, 7) is 8.22. The molecule has 156 valence electrons. The van der Waals surface area contributed by atoms with Crippen molar-refractivity contribution in [3.05, 3.63) is 64.7 Å². The third-order valence-corrected chi connectivity index (χ3v) is 5.72. The van der Waals surface area contributed by atoms with Gasteiger partial charge in [0.1, 0.15) is 6.04 Å². The molecule has 0 aliphatic heterocycles. The standard InChI is InChI=1S/C23H29ClN2O2S/c1-5-21(23(28)25-16(2)3)26(14-18-8-6-17(4)7-9-18)22(27)15-29-20-12-10-19(24)11-13-20/h6-13,16,21H,5,14-15H2,1-4H3,(H,25,28)/t21-/m0/s1. The molecule has 0 fully saturated rings. The van der Waals surface area contributed by atoms with Crippen molar-refractivity contribution in [3.8, 4) is 0 Å². The van der Waals surface area contributed by atoms with Gasteiger partial charge in [-0.1, -0.05) is 48.4 Å². The highest BCUT2D eigenvalue weighted by atomic mass is 35.5. The molecule has 2 amide bonds. The van der Waals surface area contributed by atoms with E-state index in [9.17, 15) is 9.59 Å². The largest absolute Gasteiger partial charge is 0.352 e. The second-order valence-corrected chi connectivity index (χ2v) is 8.82. The van der Waals surface area contributed by atoms with Gasteiger partial charge in [0.15, 0.2) is 0 Å². The van der Waals surface area contributed by atoms with Crippen molar-refractivity contribution in [3.63, 3.8) is 0 Å². The first-order chi connectivity index (χ1) is 13.8. The average molecular weight is 433 g/mol. The van der Waals surface area contributed by atoms with E-state index in [4.69, 9.17) is 11.6 Å². The number of carbonyl (C=O) groups is 2. The first-order valence-electron chi connectivity index (χ1n) is 9.84. The summed E-state index contributed by atoms with van der Waals surface area (Å²) in [6, 6.07) is 15.0. The summed E-state index contributed by atoms with van der Waals surface area (Å²) < 4.78 is 0. The zero-order valence-corrected chi connectivity index (χ0v) is 19.0. The number of nitrogens with zero attached hydrogens (tertiary/aromatic N) is 1. The molecule has 0 saturated carbocycles. The predicted octanol–water partition coefficient (Wildman–Crippen LogP) is 5.07. The van der Waals surface area contributed by atoms with Crippen LogP contribution in [0.15, 0.2) is 53.4 Å². The van der Waals surface area contributed by atoms with Gasteiger partial charge in [0.25, 0.3) is 0 Å². The van der Waals surface area contributed by atoms with Crippen LogP contribution in [0.2, 0.25) is 5.02 Å². The minimum absolute atomic E-state index is 0.0244. The van der Waals surface area contributed by atoms with Gasteiger partial charge in [-0.3, -0.25) is 9.59 Å². The van der Waals surface area contributed by atoms with E-state index in [0.717, 1.165) is 16.0 Å². The molecule has 0 aromatic heterocycles. The molecular weight excluding hydrogens is 404 g/mol. The lowest BCUT2D eigenvalue weighted by molar-refractivity contribution is -0.139. The lowest BCUT2D eigenvalue weighted by Gasteiger charge is -2.31. The number of hydrogen-bond donors (Lipinski definition) is 1. The van der Waals surface area contributed by atoms with Crippen molar-refractivity contribution in [2.24, 2.45) is 0 Å². The molecule has 1 atom stereocenters. The topological polar surface area (TPSA) is 49.4 Å². The molecule has 0 saturated heterocycles. The predicted molar refractivity (Wildman–Crippen MR) is 121 cm³/mol. The van der Waals surface area contributed by atoms with Gasteiger partial charge in [0.05, 0.1) is 5.75 Å². The summed E-state index contributed by atoms with van der Waals surface area (Å²) in [4.78, 5) is 28.6. The second kappa shape index (κ2) is 11.3. The van der Waals surface area contributed by atoms with Crippen LogP contribution in [0.1, 0.15) is 38.3 Å². The van der Waals surface area contributed by atoms with Crippen LogP contribution in [0, 0.1) is 6.92 Å². The normalized spacial score (nSPS) is 11.9. The first-order valence-corrected chi connectivity index (χ1v) is 11.2. The third kappa shape index (κ3) is 7.41. The summed E-state index contributed by atoms with van der Waals surface area (Å²) >= 11 is 7.38. The Morgan fingerprint density at radius 3 is 2.24 bits per heavy atom.